The Morgan fingerprint density at radius 1 is 0.489 bits per heavy atom. The number of rotatable bonds is 9. The first-order valence-corrected chi connectivity index (χ1v) is 15.0. The molecule has 0 radical (unpaired) electrons. The molecule has 0 bridgehead atoms. The van der Waals surface area contributed by atoms with Crippen LogP contribution >= 0.6 is 0 Å². The van der Waals surface area contributed by atoms with Gasteiger partial charge in [0.15, 0.2) is 0 Å². The third-order valence-corrected chi connectivity index (χ3v) is 8.17. The summed E-state index contributed by atoms with van der Waals surface area (Å²) in [5.74, 6) is 0.852. The van der Waals surface area contributed by atoms with E-state index in [1.54, 1.807) is 12.1 Å². The van der Waals surface area contributed by atoms with Crippen molar-refractivity contribution in [3.8, 4) is 11.5 Å². The number of carbonyl (C=O) groups excluding carboxylic acids is 2. The minimum absolute atomic E-state index is 0.426. The molecule has 5 rings (SSSR count). The molecule has 0 heterocycles. The van der Waals surface area contributed by atoms with Crippen molar-refractivity contribution in [3.05, 3.63) is 167 Å². The highest BCUT2D eigenvalue weighted by molar-refractivity contribution is 5.75. The summed E-state index contributed by atoms with van der Waals surface area (Å²) < 4.78 is 11.8. The monoisotopic (exact) mass is 598 g/mol. The second-order valence-corrected chi connectivity index (χ2v) is 11.9. The second-order valence-electron chi connectivity index (χ2n) is 11.9. The fourth-order valence-electron chi connectivity index (χ4n) is 5.51. The molecule has 0 aliphatic rings. The highest BCUT2D eigenvalue weighted by atomic mass is 16.6. The number of hydrogen-bond acceptors (Lipinski definition) is 4. The van der Waals surface area contributed by atoms with E-state index in [4.69, 9.17) is 9.47 Å². The maximum atomic E-state index is 13.4. The molecule has 228 valence electrons. The van der Waals surface area contributed by atoms with Gasteiger partial charge in [-0.05, 0) is 28.8 Å². The van der Waals surface area contributed by atoms with Crippen LogP contribution in [0, 0.1) is 0 Å². The van der Waals surface area contributed by atoms with Gasteiger partial charge in [0.2, 0.25) is 0 Å². The maximum Gasteiger partial charge on any atom is 0.414 e. The molecule has 2 amide bonds. The lowest BCUT2D eigenvalue weighted by molar-refractivity contribution is 0.182. The number of hydrogen-bond donors (Lipinski definition) is 2. The van der Waals surface area contributed by atoms with E-state index in [0.717, 1.165) is 22.3 Å². The lowest BCUT2D eigenvalue weighted by atomic mass is 9.78. The van der Waals surface area contributed by atoms with Crippen molar-refractivity contribution in [1.82, 2.24) is 10.6 Å². The van der Waals surface area contributed by atoms with Crippen LogP contribution in [0.2, 0.25) is 0 Å². The fraction of sp³-hybridized carbons (Fsp3) is 0.179. The molecule has 5 aromatic rings. The van der Waals surface area contributed by atoms with E-state index in [-0.39, 0.29) is 0 Å². The molecular formula is C39H38N2O4. The smallest absolute Gasteiger partial charge is 0.410 e. The third-order valence-electron chi connectivity index (χ3n) is 8.17. The molecule has 0 unspecified atom stereocenters. The first kappa shape index (κ1) is 31.1. The highest BCUT2D eigenvalue weighted by Crippen LogP contribution is 2.38. The molecule has 0 aliphatic carbocycles. The van der Waals surface area contributed by atoms with Crippen molar-refractivity contribution in [2.45, 2.75) is 44.7 Å². The van der Waals surface area contributed by atoms with E-state index < -0.39 is 29.2 Å². The van der Waals surface area contributed by atoms with Crippen molar-refractivity contribution in [2.75, 3.05) is 0 Å². The molecule has 0 atom stereocenters. The first-order chi connectivity index (χ1) is 21.7. The predicted molar refractivity (Wildman–Crippen MR) is 178 cm³/mol. The van der Waals surface area contributed by atoms with Gasteiger partial charge in [0, 0.05) is 22.0 Å². The van der Waals surface area contributed by atoms with Crippen LogP contribution in [-0.2, 0) is 10.8 Å². The Labute approximate surface area is 265 Å². The van der Waals surface area contributed by atoms with Gasteiger partial charge in [-0.25, -0.2) is 9.59 Å². The van der Waals surface area contributed by atoms with Crippen LogP contribution in [0.15, 0.2) is 140 Å². The van der Waals surface area contributed by atoms with Crippen LogP contribution in [0.3, 0.4) is 0 Å². The Bertz CT molecular complexity index is 1620. The van der Waals surface area contributed by atoms with E-state index in [1.807, 2.05) is 103 Å². The molecule has 0 aromatic heterocycles. The number of ether oxygens (including phenoxy) is 2. The number of para-hydroxylation sites is 2. The first-order valence-electron chi connectivity index (χ1n) is 15.0. The molecule has 0 fully saturated rings. The van der Waals surface area contributed by atoms with Crippen molar-refractivity contribution >= 4 is 12.2 Å². The Morgan fingerprint density at radius 2 is 0.822 bits per heavy atom. The van der Waals surface area contributed by atoms with Gasteiger partial charge in [-0.2, -0.15) is 0 Å². The van der Waals surface area contributed by atoms with E-state index in [9.17, 15) is 9.59 Å². The predicted octanol–water partition coefficient (Wildman–Crippen LogP) is 8.91. The van der Waals surface area contributed by atoms with Gasteiger partial charge in [0.05, 0.1) is 0 Å². The summed E-state index contributed by atoms with van der Waals surface area (Å²) in [7, 11) is 0. The minimum atomic E-state index is -0.921. The van der Waals surface area contributed by atoms with Gasteiger partial charge in [0.1, 0.15) is 17.7 Å². The van der Waals surface area contributed by atoms with Crippen molar-refractivity contribution in [1.29, 1.82) is 0 Å². The van der Waals surface area contributed by atoms with Gasteiger partial charge in [-0.3, -0.25) is 10.6 Å². The normalized spacial score (nSPS) is 11.5. The molecular weight excluding hydrogens is 560 g/mol. The van der Waals surface area contributed by atoms with Gasteiger partial charge >= 0.3 is 12.2 Å². The van der Waals surface area contributed by atoms with Crippen LogP contribution in [0.5, 0.6) is 11.5 Å². The Kier molecular flexibility index (Phi) is 9.33. The van der Waals surface area contributed by atoms with Crippen molar-refractivity contribution in [2.24, 2.45) is 0 Å². The maximum absolute atomic E-state index is 13.4. The Hall–Kier alpha value is -5.36. The van der Waals surface area contributed by atoms with Crippen LogP contribution in [0.4, 0.5) is 9.59 Å². The lowest BCUT2D eigenvalue weighted by Crippen LogP contribution is -2.43. The molecule has 0 spiro atoms. The number of benzene rings is 5. The van der Waals surface area contributed by atoms with Crippen molar-refractivity contribution < 1.29 is 19.1 Å². The van der Waals surface area contributed by atoms with Gasteiger partial charge < -0.3 is 9.47 Å². The Morgan fingerprint density at radius 3 is 1.22 bits per heavy atom. The van der Waals surface area contributed by atoms with E-state index in [1.165, 1.54) is 0 Å². The van der Waals surface area contributed by atoms with Crippen LogP contribution in [-0.4, -0.2) is 12.2 Å². The molecule has 5 aromatic carbocycles. The third kappa shape index (κ3) is 7.24. The van der Waals surface area contributed by atoms with Gasteiger partial charge in [-0.1, -0.05) is 155 Å². The fourth-order valence-corrected chi connectivity index (χ4v) is 5.51. The van der Waals surface area contributed by atoms with Crippen LogP contribution in [0.1, 0.15) is 61.7 Å². The van der Waals surface area contributed by atoms with Gasteiger partial charge in [0.25, 0.3) is 0 Å². The molecule has 45 heavy (non-hydrogen) atoms. The van der Waals surface area contributed by atoms with Crippen LogP contribution < -0.4 is 20.1 Å². The Balaban J connectivity index is 1.35. The van der Waals surface area contributed by atoms with Gasteiger partial charge in [-0.15, -0.1) is 0 Å². The van der Waals surface area contributed by atoms with Crippen LogP contribution in [0.25, 0.3) is 0 Å². The molecule has 2 N–H and O–H groups in total. The zero-order valence-electron chi connectivity index (χ0n) is 26.0. The lowest BCUT2D eigenvalue weighted by Gasteiger charge is -2.28. The number of nitrogens with one attached hydrogen (secondary N) is 2. The molecule has 0 saturated carbocycles. The zero-order valence-corrected chi connectivity index (χ0v) is 26.0. The summed E-state index contributed by atoms with van der Waals surface area (Å²) in [4.78, 5) is 26.7. The highest BCUT2D eigenvalue weighted by Gasteiger charge is 2.29. The summed E-state index contributed by atoms with van der Waals surface area (Å²) in [6.45, 7) is 8.35. The molecule has 6 heteroatoms. The van der Waals surface area contributed by atoms with E-state index in [0.29, 0.717) is 17.1 Å². The molecule has 0 saturated heterocycles. The summed E-state index contributed by atoms with van der Waals surface area (Å²) in [6, 6.07) is 44.2. The number of carbonyl (C=O) groups is 2. The minimum Gasteiger partial charge on any atom is -0.410 e. The summed E-state index contributed by atoms with van der Waals surface area (Å²) in [5, 5.41) is 5.63. The molecule has 0 aliphatic heterocycles. The van der Waals surface area contributed by atoms with E-state index >= 15 is 0 Å². The zero-order chi connectivity index (χ0) is 31.9. The van der Waals surface area contributed by atoms with Crippen molar-refractivity contribution in [3.63, 3.8) is 0 Å². The second kappa shape index (κ2) is 13.5. The quantitative estimate of drug-likeness (QED) is 0.166. The summed E-state index contributed by atoms with van der Waals surface area (Å²) >= 11 is 0. The largest absolute Gasteiger partial charge is 0.414 e. The van der Waals surface area contributed by atoms with E-state index in [2.05, 4.69) is 62.6 Å². The average molecular weight is 599 g/mol. The summed E-state index contributed by atoms with van der Waals surface area (Å²) in [5.41, 5.74) is 3.68. The molecule has 6 nitrogen and oxygen atoms in total. The SMILES string of the molecule is CC(C)(c1ccccc1)c1ccccc1OC(=O)NC(NC(=O)Oc1ccccc1C(C)(C)c1ccccc1)c1ccccc1. The topological polar surface area (TPSA) is 76.7 Å². The standard InChI is InChI=1S/C39H38N2O4/c1-38(2,29-20-10-6-11-21-29)31-24-14-16-26-33(31)44-36(42)40-35(28-18-8-5-9-19-28)41-37(43)45-34-27-17-15-25-32(34)39(3,4)30-22-12-7-13-23-30/h5-27,35H,1-4H3,(H,40,42)(H,41,43). The summed E-state index contributed by atoms with van der Waals surface area (Å²) in [6.07, 6.45) is -2.35. The average Bonchev–Trinajstić information content (AvgIpc) is 3.06. The number of amides is 2.